The fourth-order valence-electron chi connectivity index (χ4n) is 4.46. The van der Waals surface area contributed by atoms with E-state index in [4.69, 9.17) is 8.23 Å². The molecule has 0 radical (unpaired) electrons. The third-order valence-corrected chi connectivity index (χ3v) is 14.1. The lowest BCUT2D eigenvalue weighted by atomic mass is 10.1. The van der Waals surface area contributed by atoms with Gasteiger partial charge in [0.15, 0.2) is 8.32 Å². The van der Waals surface area contributed by atoms with Crippen molar-refractivity contribution < 1.29 is 8.23 Å². The zero-order valence-electron chi connectivity index (χ0n) is 20.9. The van der Waals surface area contributed by atoms with Crippen molar-refractivity contribution in [3.05, 3.63) is 0 Å². The first-order valence-electron chi connectivity index (χ1n) is 13.4. The maximum atomic E-state index is 6.75. The molecule has 0 aromatic rings. The Balaban J connectivity index is 4.52. The molecule has 0 saturated carbocycles. The Morgan fingerprint density at radius 2 is 0.828 bits per heavy atom. The second-order valence-electron chi connectivity index (χ2n) is 9.29. The maximum Gasteiger partial charge on any atom is 0.283 e. The zero-order valence-corrected chi connectivity index (χ0v) is 25.3. The number of rotatable bonds is 24. The summed E-state index contributed by atoms with van der Waals surface area (Å²) in [5, 5.41) is 0. The van der Waals surface area contributed by atoms with E-state index < -0.39 is 18.3 Å². The van der Waals surface area contributed by atoms with E-state index in [1.807, 2.05) is 0 Å². The molecule has 0 atom stereocenters. The average molecular weight is 461 g/mol. The summed E-state index contributed by atoms with van der Waals surface area (Å²) in [7, 11) is -1.40. The summed E-state index contributed by atoms with van der Waals surface area (Å²) < 4.78 is 12.4. The molecule has 2 nitrogen and oxygen atoms in total. The van der Waals surface area contributed by atoms with Crippen LogP contribution in [0.3, 0.4) is 0 Å². The summed E-state index contributed by atoms with van der Waals surface area (Å²) in [6.07, 6.45) is 25.4. The highest BCUT2D eigenvalue weighted by molar-refractivity contribution is 6.77. The van der Waals surface area contributed by atoms with Crippen molar-refractivity contribution in [3.8, 4) is 0 Å². The van der Waals surface area contributed by atoms with Crippen LogP contribution >= 0.6 is 0 Å². The van der Waals surface area contributed by atoms with Crippen molar-refractivity contribution in [2.45, 2.75) is 154 Å². The van der Waals surface area contributed by atoms with Crippen LogP contribution < -0.4 is 0 Å². The third-order valence-electron chi connectivity index (χ3n) is 6.44. The predicted octanol–water partition coefficient (Wildman–Crippen LogP) is 7.33. The highest BCUT2D eigenvalue weighted by atomic mass is 28.4. The van der Waals surface area contributed by atoms with Gasteiger partial charge in [0.1, 0.15) is 10.5 Å². The van der Waals surface area contributed by atoms with Gasteiger partial charge < -0.3 is 8.23 Å². The van der Waals surface area contributed by atoms with Gasteiger partial charge in [0.2, 0.25) is 0 Å². The normalized spacial score (nSPS) is 12.5. The van der Waals surface area contributed by atoms with Crippen molar-refractivity contribution in [1.82, 2.24) is 0 Å². The summed E-state index contributed by atoms with van der Waals surface area (Å²) in [6.45, 7) is 6.93. The van der Waals surface area contributed by atoms with Crippen LogP contribution in [0.5, 0.6) is 0 Å². The zero-order chi connectivity index (χ0) is 21.5. The Morgan fingerprint density at radius 1 is 0.517 bits per heavy atom. The summed E-state index contributed by atoms with van der Waals surface area (Å²) in [6, 6.07) is 4.25. The van der Waals surface area contributed by atoms with Gasteiger partial charge in [-0.05, 0) is 18.1 Å². The van der Waals surface area contributed by atoms with Gasteiger partial charge in [-0.2, -0.15) is 0 Å². The minimum atomic E-state index is -1.56. The average Bonchev–Trinajstić information content (AvgIpc) is 2.74. The number of hydrogen-bond donors (Lipinski definition) is 0. The van der Waals surface area contributed by atoms with Crippen molar-refractivity contribution in [2.75, 3.05) is 0 Å². The van der Waals surface area contributed by atoms with Crippen LogP contribution in [0.2, 0.25) is 18.1 Å². The minimum Gasteiger partial charge on any atom is -0.449 e. The molecule has 0 aliphatic rings. The Morgan fingerprint density at radius 3 is 1.14 bits per heavy atom. The molecule has 29 heavy (non-hydrogen) atoms. The lowest BCUT2D eigenvalue weighted by molar-refractivity contribution is 0.452. The van der Waals surface area contributed by atoms with Crippen LogP contribution in [-0.4, -0.2) is 28.8 Å². The molecule has 0 aromatic carbocycles. The highest BCUT2D eigenvalue weighted by Crippen LogP contribution is 2.31. The molecular formula is C24H56O2Si3. The van der Waals surface area contributed by atoms with Crippen LogP contribution in [0.1, 0.15) is 136 Å². The van der Waals surface area contributed by atoms with Crippen LogP contribution in [0, 0.1) is 0 Å². The second-order valence-corrected chi connectivity index (χ2v) is 16.9. The van der Waals surface area contributed by atoms with E-state index in [-0.39, 0.29) is 0 Å². The van der Waals surface area contributed by atoms with E-state index in [2.05, 4.69) is 20.8 Å². The Hall–Kier alpha value is 0.571. The summed E-state index contributed by atoms with van der Waals surface area (Å²) >= 11 is 0. The van der Waals surface area contributed by atoms with Crippen LogP contribution in [0.15, 0.2) is 0 Å². The van der Waals surface area contributed by atoms with E-state index in [9.17, 15) is 0 Å². The molecule has 0 unspecified atom stereocenters. The van der Waals surface area contributed by atoms with E-state index in [0.29, 0.717) is 0 Å². The third kappa shape index (κ3) is 19.0. The molecule has 0 bridgehead atoms. The van der Waals surface area contributed by atoms with Crippen molar-refractivity contribution in [1.29, 1.82) is 0 Å². The molecule has 0 fully saturated rings. The minimum absolute atomic E-state index is 0.702. The van der Waals surface area contributed by atoms with Crippen molar-refractivity contribution in [3.63, 3.8) is 0 Å². The molecule has 0 spiro atoms. The van der Waals surface area contributed by atoms with Crippen molar-refractivity contribution >= 4 is 28.8 Å². The lowest BCUT2D eigenvalue weighted by Crippen LogP contribution is -2.40. The molecular weight excluding hydrogens is 405 g/mol. The largest absolute Gasteiger partial charge is 0.449 e. The molecule has 0 rings (SSSR count). The molecule has 0 heterocycles. The van der Waals surface area contributed by atoms with Gasteiger partial charge in [-0.1, -0.05) is 136 Å². The van der Waals surface area contributed by atoms with Gasteiger partial charge >= 0.3 is 0 Å². The Kier molecular flexibility index (Phi) is 23.7. The Bertz CT molecular complexity index is 276. The van der Waals surface area contributed by atoms with E-state index in [1.165, 1.54) is 134 Å². The first-order valence-corrected chi connectivity index (χ1v) is 17.9. The van der Waals surface area contributed by atoms with Crippen LogP contribution in [0.25, 0.3) is 0 Å². The molecule has 0 aromatic heterocycles. The molecule has 0 N–H and O–H groups in total. The van der Waals surface area contributed by atoms with Crippen LogP contribution in [0.4, 0.5) is 0 Å². The lowest BCUT2D eigenvalue weighted by Gasteiger charge is -2.32. The van der Waals surface area contributed by atoms with Gasteiger partial charge in [-0.3, -0.25) is 0 Å². The first-order chi connectivity index (χ1) is 14.2. The SMILES string of the molecule is CCCCCCCC[Si](CCCCCCCC)(CCCCCCCC)O[SiH2]O[SiH3]. The van der Waals surface area contributed by atoms with Crippen LogP contribution in [-0.2, 0) is 8.23 Å². The van der Waals surface area contributed by atoms with Gasteiger partial charge in [-0.15, -0.1) is 0 Å². The monoisotopic (exact) mass is 460 g/mol. The quantitative estimate of drug-likeness (QED) is 0.111. The van der Waals surface area contributed by atoms with Gasteiger partial charge in [0.25, 0.3) is 10.0 Å². The molecule has 176 valence electrons. The molecule has 0 saturated heterocycles. The van der Waals surface area contributed by atoms with E-state index in [0.717, 1.165) is 10.5 Å². The molecule has 5 heteroatoms. The standard InChI is InChI=1S/C24H56O2Si3/c1-4-7-10-13-16-19-22-29(26-28-25-27,23-20-17-14-11-8-5-2)24-21-18-15-12-9-6-3/h4-24,28H2,1-3,27H3. The fourth-order valence-corrected chi connectivity index (χ4v) is 12.2. The van der Waals surface area contributed by atoms with Gasteiger partial charge in [0.05, 0.1) is 0 Å². The summed E-state index contributed by atoms with van der Waals surface area (Å²) in [5.41, 5.74) is 0. The Labute approximate surface area is 191 Å². The summed E-state index contributed by atoms with van der Waals surface area (Å²) in [5.74, 6) is 0. The highest BCUT2D eigenvalue weighted by Gasteiger charge is 2.32. The fraction of sp³-hybridized carbons (Fsp3) is 1.00. The van der Waals surface area contributed by atoms with E-state index in [1.54, 1.807) is 0 Å². The molecule has 0 aliphatic carbocycles. The maximum absolute atomic E-state index is 6.75. The first kappa shape index (κ1) is 29.6. The van der Waals surface area contributed by atoms with Gasteiger partial charge in [-0.25, -0.2) is 0 Å². The topological polar surface area (TPSA) is 18.5 Å². The molecule has 0 amide bonds. The molecule has 0 aliphatic heterocycles. The summed E-state index contributed by atoms with van der Waals surface area (Å²) in [4.78, 5) is 0. The number of unbranched alkanes of at least 4 members (excludes halogenated alkanes) is 15. The van der Waals surface area contributed by atoms with Crippen molar-refractivity contribution in [2.24, 2.45) is 0 Å². The van der Waals surface area contributed by atoms with E-state index >= 15 is 0 Å². The van der Waals surface area contributed by atoms with Gasteiger partial charge in [0, 0.05) is 0 Å². The number of hydrogen-bond acceptors (Lipinski definition) is 2. The smallest absolute Gasteiger partial charge is 0.283 e. The second kappa shape index (κ2) is 23.2. The predicted molar refractivity (Wildman–Crippen MR) is 141 cm³/mol.